The zero-order valence-electron chi connectivity index (χ0n) is 17.9. The monoisotopic (exact) mass is 419 g/mol. The van der Waals surface area contributed by atoms with Crippen LogP contribution >= 0.6 is 0 Å². The molecule has 7 heteroatoms. The molecular weight excluding hydrogens is 390 g/mol. The fraction of sp³-hybridized carbons (Fsp3) is 0.333. The third-order valence-electron chi connectivity index (χ3n) is 5.65. The second-order valence-corrected chi connectivity index (χ2v) is 7.62. The summed E-state index contributed by atoms with van der Waals surface area (Å²) >= 11 is 0. The molecule has 3 aromatic rings. The summed E-state index contributed by atoms with van der Waals surface area (Å²) in [6, 6.07) is 17.9. The Labute approximate surface area is 182 Å². The van der Waals surface area contributed by atoms with Crippen molar-refractivity contribution >= 4 is 28.3 Å². The van der Waals surface area contributed by atoms with Gasteiger partial charge in [0.25, 0.3) is 0 Å². The first-order valence-corrected chi connectivity index (χ1v) is 10.7. The molecule has 3 N–H and O–H groups in total. The lowest BCUT2D eigenvalue weighted by molar-refractivity contribution is -0.130. The van der Waals surface area contributed by atoms with Crippen LogP contribution in [-0.2, 0) is 11.2 Å². The summed E-state index contributed by atoms with van der Waals surface area (Å²) in [5.41, 5.74) is 8.60. The number of carbonyl (C=O) groups is 1. The van der Waals surface area contributed by atoms with E-state index in [0.717, 1.165) is 46.8 Å². The summed E-state index contributed by atoms with van der Waals surface area (Å²) in [7, 11) is 1.63. The van der Waals surface area contributed by atoms with Crippen LogP contribution in [0, 0.1) is 0 Å². The van der Waals surface area contributed by atoms with Gasteiger partial charge < -0.3 is 25.6 Å². The minimum Gasteiger partial charge on any atom is -0.496 e. The smallest absolute Gasteiger partial charge is 0.227 e. The third-order valence-corrected chi connectivity index (χ3v) is 5.65. The molecule has 4 rings (SSSR count). The van der Waals surface area contributed by atoms with Crippen molar-refractivity contribution in [1.29, 1.82) is 0 Å². The van der Waals surface area contributed by atoms with Gasteiger partial charge in [-0.3, -0.25) is 4.79 Å². The highest BCUT2D eigenvalue weighted by Gasteiger charge is 2.23. The van der Waals surface area contributed by atoms with Gasteiger partial charge >= 0.3 is 0 Å². The molecule has 1 fully saturated rings. The van der Waals surface area contributed by atoms with Gasteiger partial charge in [-0.05, 0) is 12.1 Å². The minimum atomic E-state index is 0.126. The zero-order valence-corrected chi connectivity index (χ0v) is 17.9. The number of amides is 1. The number of nitrogens with two attached hydrogens (primary N) is 1. The SMILES string of the molecule is COc1ccccc1CC(=O)N1CCN(c2cc(NCCN)c3ccccc3n2)CC1. The number of fused-ring (bicyclic) bond motifs is 1. The van der Waals surface area contributed by atoms with Crippen LogP contribution < -0.4 is 20.7 Å². The maximum absolute atomic E-state index is 12.8. The Bertz CT molecular complexity index is 1050. The quantitative estimate of drug-likeness (QED) is 0.612. The van der Waals surface area contributed by atoms with E-state index in [1.807, 2.05) is 47.4 Å². The Morgan fingerprint density at radius 1 is 1.10 bits per heavy atom. The van der Waals surface area contributed by atoms with Gasteiger partial charge in [0.15, 0.2) is 0 Å². The zero-order chi connectivity index (χ0) is 21.6. The summed E-state index contributed by atoms with van der Waals surface area (Å²) in [6.07, 6.45) is 0.353. The largest absolute Gasteiger partial charge is 0.496 e. The molecule has 0 spiro atoms. The van der Waals surface area contributed by atoms with Crippen molar-refractivity contribution in [3.8, 4) is 5.75 Å². The van der Waals surface area contributed by atoms with Crippen LogP contribution in [0.5, 0.6) is 5.75 Å². The number of nitrogens with one attached hydrogen (secondary N) is 1. The highest BCUT2D eigenvalue weighted by atomic mass is 16.5. The first-order chi connectivity index (χ1) is 15.2. The number of anilines is 2. The number of ether oxygens (including phenoxy) is 1. The van der Waals surface area contributed by atoms with Crippen molar-refractivity contribution in [3.63, 3.8) is 0 Å². The fourth-order valence-corrected chi connectivity index (χ4v) is 3.99. The van der Waals surface area contributed by atoms with Crippen molar-refractivity contribution in [2.75, 3.05) is 56.6 Å². The van der Waals surface area contributed by atoms with Crippen LogP contribution in [0.15, 0.2) is 54.6 Å². The summed E-state index contributed by atoms with van der Waals surface area (Å²) in [6.45, 7) is 4.12. The van der Waals surface area contributed by atoms with Gasteiger partial charge in [0.1, 0.15) is 11.6 Å². The Kier molecular flexibility index (Phi) is 6.52. The van der Waals surface area contributed by atoms with Gasteiger partial charge in [-0.1, -0.05) is 36.4 Å². The van der Waals surface area contributed by atoms with Crippen LogP contribution in [0.4, 0.5) is 11.5 Å². The number of para-hydroxylation sites is 2. The molecule has 0 bridgehead atoms. The van der Waals surface area contributed by atoms with Crippen molar-refractivity contribution in [2.45, 2.75) is 6.42 Å². The predicted molar refractivity (Wildman–Crippen MR) is 125 cm³/mol. The fourth-order valence-electron chi connectivity index (χ4n) is 3.99. The summed E-state index contributed by atoms with van der Waals surface area (Å²) in [4.78, 5) is 21.9. The molecule has 7 nitrogen and oxygen atoms in total. The van der Waals surface area contributed by atoms with Crippen LogP contribution in [0.1, 0.15) is 5.56 Å². The third kappa shape index (κ3) is 4.72. The first kappa shape index (κ1) is 20.9. The number of pyridine rings is 1. The molecule has 1 saturated heterocycles. The number of carbonyl (C=O) groups excluding carboxylic acids is 1. The van der Waals surface area contributed by atoms with Crippen LogP contribution in [0.2, 0.25) is 0 Å². The number of nitrogens with zero attached hydrogens (tertiary/aromatic N) is 3. The second-order valence-electron chi connectivity index (χ2n) is 7.62. The molecule has 0 unspecified atom stereocenters. The molecule has 1 aliphatic heterocycles. The standard InChI is InChI=1S/C24H29N5O2/c1-31-22-9-5-2-6-18(22)16-24(30)29-14-12-28(13-15-29)23-17-21(26-11-10-25)19-7-3-4-8-20(19)27-23/h2-9,17H,10-16,25H2,1H3,(H,26,27). The highest BCUT2D eigenvalue weighted by Crippen LogP contribution is 2.28. The molecule has 2 aromatic carbocycles. The van der Waals surface area contributed by atoms with E-state index >= 15 is 0 Å². The Morgan fingerprint density at radius 2 is 1.84 bits per heavy atom. The van der Waals surface area contributed by atoms with Gasteiger partial charge in [-0.15, -0.1) is 0 Å². The summed E-state index contributed by atoms with van der Waals surface area (Å²) in [5.74, 6) is 1.81. The number of rotatable bonds is 7. The van der Waals surface area contributed by atoms with Gasteiger partial charge in [0, 0.05) is 62.0 Å². The molecule has 0 aliphatic carbocycles. The Hall–Kier alpha value is -3.32. The van der Waals surface area contributed by atoms with E-state index in [1.165, 1.54) is 0 Å². The van der Waals surface area contributed by atoms with E-state index in [-0.39, 0.29) is 5.91 Å². The molecule has 0 radical (unpaired) electrons. The van der Waals surface area contributed by atoms with Crippen molar-refractivity contribution in [1.82, 2.24) is 9.88 Å². The molecule has 1 aliphatic rings. The molecule has 0 saturated carbocycles. The van der Waals surface area contributed by atoms with E-state index in [0.29, 0.717) is 32.6 Å². The average molecular weight is 420 g/mol. The van der Waals surface area contributed by atoms with E-state index in [4.69, 9.17) is 15.5 Å². The van der Waals surface area contributed by atoms with Crippen LogP contribution in [0.25, 0.3) is 10.9 Å². The van der Waals surface area contributed by atoms with Gasteiger partial charge in [0.2, 0.25) is 5.91 Å². The topological polar surface area (TPSA) is 83.7 Å². The number of piperazine rings is 1. The predicted octanol–water partition coefficient (Wildman–Crippen LogP) is 2.51. The average Bonchev–Trinajstić information content (AvgIpc) is 2.82. The van der Waals surface area contributed by atoms with Gasteiger partial charge in [-0.2, -0.15) is 0 Å². The lowest BCUT2D eigenvalue weighted by atomic mass is 10.1. The lowest BCUT2D eigenvalue weighted by Crippen LogP contribution is -2.49. The molecule has 0 atom stereocenters. The van der Waals surface area contributed by atoms with E-state index in [2.05, 4.69) is 22.3 Å². The molecule has 1 amide bonds. The van der Waals surface area contributed by atoms with Gasteiger partial charge in [-0.25, -0.2) is 4.98 Å². The van der Waals surface area contributed by atoms with E-state index in [9.17, 15) is 4.79 Å². The normalized spacial score (nSPS) is 14.0. The van der Waals surface area contributed by atoms with Crippen LogP contribution in [0.3, 0.4) is 0 Å². The van der Waals surface area contributed by atoms with Crippen LogP contribution in [-0.4, -0.2) is 62.2 Å². The molecule has 31 heavy (non-hydrogen) atoms. The number of aromatic nitrogens is 1. The summed E-state index contributed by atoms with van der Waals surface area (Å²) in [5, 5.41) is 4.50. The maximum atomic E-state index is 12.8. The molecule has 1 aromatic heterocycles. The highest BCUT2D eigenvalue weighted by molar-refractivity contribution is 5.93. The second kappa shape index (κ2) is 9.66. The van der Waals surface area contributed by atoms with E-state index in [1.54, 1.807) is 7.11 Å². The molecular formula is C24H29N5O2. The number of benzene rings is 2. The lowest BCUT2D eigenvalue weighted by Gasteiger charge is -2.36. The van der Waals surface area contributed by atoms with Gasteiger partial charge in [0.05, 0.1) is 19.0 Å². The minimum absolute atomic E-state index is 0.126. The molecule has 2 heterocycles. The van der Waals surface area contributed by atoms with E-state index < -0.39 is 0 Å². The summed E-state index contributed by atoms with van der Waals surface area (Å²) < 4.78 is 5.38. The van der Waals surface area contributed by atoms with Crippen molar-refractivity contribution in [3.05, 3.63) is 60.2 Å². The van der Waals surface area contributed by atoms with Crippen molar-refractivity contribution < 1.29 is 9.53 Å². The maximum Gasteiger partial charge on any atom is 0.227 e. The van der Waals surface area contributed by atoms with Crippen molar-refractivity contribution in [2.24, 2.45) is 5.73 Å². The first-order valence-electron chi connectivity index (χ1n) is 10.7. The Balaban J connectivity index is 1.45. The number of methoxy groups -OCH3 is 1. The number of hydrogen-bond donors (Lipinski definition) is 2. The molecule has 162 valence electrons. The number of hydrogen-bond acceptors (Lipinski definition) is 6. The Morgan fingerprint density at radius 3 is 2.61 bits per heavy atom.